The minimum atomic E-state index is -4.51. The SMILES string of the molecule is CC(C)C(C(=O)O)c1cnc(C(F)(F)F)s1. The molecule has 0 aliphatic carbocycles. The number of carboxylic acid groups (broad SMARTS) is 1. The maximum atomic E-state index is 12.3. The van der Waals surface area contributed by atoms with E-state index in [4.69, 9.17) is 5.11 Å². The molecule has 1 aromatic heterocycles. The van der Waals surface area contributed by atoms with Gasteiger partial charge >= 0.3 is 12.1 Å². The van der Waals surface area contributed by atoms with E-state index in [0.717, 1.165) is 6.20 Å². The second-order valence-corrected chi connectivity index (χ2v) is 4.69. The van der Waals surface area contributed by atoms with Crippen molar-refractivity contribution in [3.8, 4) is 0 Å². The van der Waals surface area contributed by atoms with Crippen LogP contribution in [0.25, 0.3) is 0 Å². The fourth-order valence-electron chi connectivity index (χ4n) is 1.30. The summed E-state index contributed by atoms with van der Waals surface area (Å²) < 4.78 is 36.8. The van der Waals surface area contributed by atoms with Crippen molar-refractivity contribution in [2.75, 3.05) is 0 Å². The van der Waals surface area contributed by atoms with Crippen molar-refractivity contribution in [3.63, 3.8) is 0 Å². The Bertz CT molecular complexity index is 386. The lowest BCUT2D eigenvalue weighted by atomic mass is 9.95. The first-order valence-electron chi connectivity index (χ1n) is 4.49. The van der Waals surface area contributed by atoms with E-state index in [9.17, 15) is 18.0 Å². The Hall–Kier alpha value is -1.11. The fourth-order valence-corrected chi connectivity index (χ4v) is 2.35. The van der Waals surface area contributed by atoms with Crippen LogP contribution < -0.4 is 0 Å². The molecule has 0 aromatic carbocycles. The van der Waals surface area contributed by atoms with E-state index in [2.05, 4.69) is 4.98 Å². The first-order valence-corrected chi connectivity index (χ1v) is 5.31. The number of hydrogen-bond acceptors (Lipinski definition) is 3. The average molecular weight is 253 g/mol. The summed E-state index contributed by atoms with van der Waals surface area (Å²) in [5.41, 5.74) is 0. The lowest BCUT2D eigenvalue weighted by molar-refractivity contribution is -0.140. The second kappa shape index (κ2) is 4.40. The molecule has 0 aliphatic heterocycles. The van der Waals surface area contributed by atoms with Gasteiger partial charge in [-0.1, -0.05) is 13.8 Å². The second-order valence-electron chi connectivity index (χ2n) is 3.63. The number of nitrogens with zero attached hydrogens (tertiary/aromatic N) is 1. The van der Waals surface area contributed by atoms with Crippen LogP contribution in [-0.2, 0) is 11.0 Å². The van der Waals surface area contributed by atoms with Gasteiger partial charge in [0.15, 0.2) is 5.01 Å². The van der Waals surface area contributed by atoms with Gasteiger partial charge < -0.3 is 5.11 Å². The third kappa shape index (κ3) is 2.72. The number of carbonyl (C=O) groups is 1. The standard InChI is InChI=1S/C9H10F3NO2S/c1-4(2)6(7(14)15)5-3-13-8(16-5)9(10,11)12/h3-4,6H,1-2H3,(H,14,15). The molecular weight excluding hydrogens is 243 g/mol. The molecule has 90 valence electrons. The number of rotatable bonds is 3. The van der Waals surface area contributed by atoms with E-state index in [1.165, 1.54) is 0 Å². The summed E-state index contributed by atoms with van der Waals surface area (Å²) in [6, 6.07) is 0. The number of carboxylic acids is 1. The Morgan fingerprint density at radius 1 is 1.50 bits per heavy atom. The molecule has 0 spiro atoms. The van der Waals surface area contributed by atoms with Gasteiger partial charge in [0.05, 0.1) is 5.92 Å². The van der Waals surface area contributed by atoms with Gasteiger partial charge in [-0.15, -0.1) is 11.3 Å². The first-order chi connectivity index (χ1) is 7.23. The molecule has 1 rings (SSSR count). The average Bonchev–Trinajstić information content (AvgIpc) is 2.50. The van der Waals surface area contributed by atoms with Crippen molar-refractivity contribution in [2.45, 2.75) is 25.9 Å². The summed E-state index contributed by atoms with van der Waals surface area (Å²) in [5.74, 6) is -2.35. The Labute approximate surface area is 93.9 Å². The molecule has 1 aromatic rings. The molecule has 1 unspecified atom stereocenters. The zero-order valence-electron chi connectivity index (χ0n) is 8.58. The van der Waals surface area contributed by atoms with E-state index < -0.39 is 23.1 Å². The fraction of sp³-hybridized carbons (Fsp3) is 0.556. The van der Waals surface area contributed by atoms with Gasteiger partial charge in [-0.05, 0) is 5.92 Å². The molecular formula is C9H10F3NO2S. The molecule has 0 saturated carbocycles. The smallest absolute Gasteiger partial charge is 0.443 e. The minimum Gasteiger partial charge on any atom is -0.481 e. The quantitative estimate of drug-likeness (QED) is 0.900. The number of halogens is 3. The highest BCUT2D eigenvalue weighted by Gasteiger charge is 2.36. The zero-order chi connectivity index (χ0) is 12.5. The van der Waals surface area contributed by atoms with Crippen LogP contribution in [0.3, 0.4) is 0 Å². The molecule has 1 N–H and O–H groups in total. The van der Waals surface area contributed by atoms with Crippen LogP contribution in [0.4, 0.5) is 13.2 Å². The molecule has 1 atom stereocenters. The lowest BCUT2D eigenvalue weighted by Crippen LogP contribution is -2.16. The van der Waals surface area contributed by atoms with Gasteiger partial charge in [-0.25, -0.2) is 4.98 Å². The van der Waals surface area contributed by atoms with E-state index in [-0.39, 0.29) is 10.8 Å². The largest absolute Gasteiger partial charge is 0.481 e. The summed E-state index contributed by atoms with van der Waals surface area (Å²) in [5, 5.41) is 7.90. The van der Waals surface area contributed by atoms with Crippen molar-refractivity contribution in [2.24, 2.45) is 5.92 Å². The summed E-state index contributed by atoms with van der Waals surface area (Å²) >= 11 is 0.388. The van der Waals surface area contributed by atoms with Crippen molar-refractivity contribution >= 4 is 17.3 Å². The van der Waals surface area contributed by atoms with E-state index >= 15 is 0 Å². The number of thiazole rings is 1. The molecule has 1 heterocycles. The third-order valence-electron chi connectivity index (χ3n) is 2.01. The summed E-state index contributed by atoms with van der Waals surface area (Å²) in [6.07, 6.45) is -3.52. The molecule has 0 amide bonds. The van der Waals surface area contributed by atoms with Crippen LogP contribution in [0.2, 0.25) is 0 Å². The molecule has 3 nitrogen and oxygen atoms in total. The Morgan fingerprint density at radius 3 is 2.38 bits per heavy atom. The predicted octanol–water partition coefficient (Wildman–Crippen LogP) is 2.99. The van der Waals surface area contributed by atoms with E-state index in [0.29, 0.717) is 11.3 Å². The van der Waals surface area contributed by atoms with Crippen LogP contribution in [0.5, 0.6) is 0 Å². The minimum absolute atomic E-state index is 0.134. The number of aromatic nitrogens is 1. The molecule has 16 heavy (non-hydrogen) atoms. The number of aliphatic carboxylic acids is 1. The first kappa shape index (κ1) is 13.0. The Morgan fingerprint density at radius 2 is 2.06 bits per heavy atom. The topological polar surface area (TPSA) is 50.2 Å². The van der Waals surface area contributed by atoms with Gasteiger partial charge in [0.2, 0.25) is 0 Å². The monoisotopic (exact) mass is 253 g/mol. The maximum absolute atomic E-state index is 12.3. The summed E-state index contributed by atoms with van der Waals surface area (Å²) in [6.45, 7) is 3.29. The highest BCUT2D eigenvalue weighted by Crippen LogP contribution is 2.36. The molecule has 0 aliphatic rings. The van der Waals surface area contributed by atoms with Crippen LogP contribution >= 0.6 is 11.3 Å². The van der Waals surface area contributed by atoms with Crippen molar-refractivity contribution in [1.29, 1.82) is 0 Å². The number of hydrogen-bond donors (Lipinski definition) is 1. The van der Waals surface area contributed by atoms with Crippen LogP contribution in [0.1, 0.15) is 29.7 Å². The molecule has 0 fully saturated rings. The van der Waals surface area contributed by atoms with Crippen LogP contribution in [0.15, 0.2) is 6.20 Å². The predicted molar refractivity (Wildman–Crippen MR) is 52.3 cm³/mol. The Kier molecular flexibility index (Phi) is 3.57. The molecule has 7 heteroatoms. The summed E-state index contributed by atoms with van der Waals surface area (Å²) in [7, 11) is 0. The van der Waals surface area contributed by atoms with Gasteiger partial charge in [0, 0.05) is 11.1 Å². The third-order valence-corrected chi connectivity index (χ3v) is 3.13. The number of alkyl halides is 3. The zero-order valence-corrected chi connectivity index (χ0v) is 9.39. The maximum Gasteiger partial charge on any atom is 0.443 e. The lowest BCUT2D eigenvalue weighted by Gasteiger charge is -2.13. The molecule has 0 bridgehead atoms. The van der Waals surface area contributed by atoms with Crippen molar-refractivity contribution in [3.05, 3.63) is 16.1 Å². The van der Waals surface area contributed by atoms with E-state index in [1.807, 2.05) is 0 Å². The van der Waals surface area contributed by atoms with Crippen molar-refractivity contribution < 1.29 is 23.1 Å². The van der Waals surface area contributed by atoms with Gasteiger partial charge in [-0.3, -0.25) is 4.79 Å². The van der Waals surface area contributed by atoms with Gasteiger partial charge in [0.25, 0.3) is 0 Å². The Balaban J connectivity index is 3.04. The van der Waals surface area contributed by atoms with Gasteiger partial charge in [-0.2, -0.15) is 13.2 Å². The van der Waals surface area contributed by atoms with Gasteiger partial charge in [0.1, 0.15) is 0 Å². The van der Waals surface area contributed by atoms with Crippen molar-refractivity contribution in [1.82, 2.24) is 4.98 Å². The summed E-state index contributed by atoms with van der Waals surface area (Å²) in [4.78, 5) is 14.2. The van der Waals surface area contributed by atoms with Crippen LogP contribution in [-0.4, -0.2) is 16.1 Å². The van der Waals surface area contributed by atoms with Crippen LogP contribution in [0, 0.1) is 5.92 Å². The normalized spacial score (nSPS) is 14.1. The highest BCUT2D eigenvalue weighted by atomic mass is 32.1. The van der Waals surface area contributed by atoms with E-state index in [1.54, 1.807) is 13.8 Å². The molecule has 0 radical (unpaired) electrons. The highest BCUT2D eigenvalue weighted by molar-refractivity contribution is 7.11. The molecule has 0 saturated heterocycles.